The molecule has 0 bridgehead atoms. The molecule has 0 aromatic carbocycles. The highest BCUT2D eigenvalue weighted by molar-refractivity contribution is 5.90. The van der Waals surface area contributed by atoms with Crippen LogP contribution in [0.3, 0.4) is 0 Å². The van der Waals surface area contributed by atoms with E-state index < -0.39 is 0 Å². The van der Waals surface area contributed by atoms with Crippen molar-refractivity contribution in [2.24, 2.45) is 0 Å². The molecule has 2 fully saturated rings. The second-order valence-corrected chi connectivity index (χ2v) is 7.71. The first-order valence-corrected chi connectivity index (χ1v) is 10.2. The Morgan fingerprint density at radius 3 is 2.55 bits per heavy atom. The average Bonchev–Trinajstić information content (AvgIpc) is 3.42. The minimum Gasteiger partial charge on any atom is -0.364 e. The molecule has 0 unspecified atom stereocenters. The van der Waals surface area contributed by atoms with Crippen LogP contribution in [0.2, 0.25) is 0 Å². The quantitative estimate of drug-likeness (QED) is 0.785. The number of anilines is 3. The molecule has 0 spiro atoms. The van der Waals surface area contributed by atoms with Crippen molar-refractivity contribution in [3.63, 3.8) is 0 Å². The van der Waals surface area contributed by atoms with Crippen molar-refractivity contribution < 1.29 is 4.79 Å². The number of hydrogen-bond donors (Lipinski definition) is 2. The van der Waals surface area contributed by atoms with Gasteiger partial charge in [0.25, 0.3) is 5.91 Å². The predicted molar refractivity (Wildman–Crippen MR) is 113 cm³/mol. The van der Waals surface area contributed by atoms with Crippen LogP contribution in [0.15, 0.2) is 12.1 Å². The van der Waals surface area contributed by atoms with Gasteiger partial charge in [0, 0.05) is 50.5 Å². The number of hydrogen-bond acceptors (Lipinski definition) is 8. The number of nitrogens with one attached hydrogen (secondary N) is 2. The second-order valence-electron chi connectivity index (χ2n) is 7.71. The molecule has 0 saturated carbocycles. The van der Waals surface area contributed by atoms with Gasteiger partial charge in [0.15, 0.2) is 5.82 Å². The van der Waals surface area contributed by atoms with Gasteiger partial charge in [-0.05, 0) is 45.2 Å². The summed E-state index contributed by atoms with van der Waals surface area (Å²) in [5.74, 6) is 2.52. The first-order valence-electron chi connectivity index (χ1n) is 10.2. The van der Waals surface area contributed by atoms with Crippen molar-refractivity contribution in [3.8, 4) is 0 Å². The normalized spacial score (nSPS) is 18.9. The summed E-state index contributed by atoms with van der Waals surface area (Å²) in [6.07, 6.45) is 3.42. The van der Waals surface area contributed by atoms with E-state index >= 15 is 0 Å². The third kappa shape index (κ3) is 4.08. The van der Waals surface area contributed by atoms with E-state index in [-0.39, 0.29) is 17.8 Å². The minimum absolute atomic E-state index is 0.213. The van der Waals surface area contributed by atoms with Gasteiger partial charge in [0.2, 0.25) is 5.82 Å². The summed E-state index contributed by atoms with van der Waals surface area (Å²) in [7, 11) is 1.59. The number of aromatic nitrogens is 4. The van der Waals surface area contributed by atoms with Crippen LogP contribution in [0, 0.1) is 13.8 Å². The molecule has 2 saturated heterocycles. The molecule has 1 atom stereocenters. The Hall–Kier alpha value is -2.97. The van der Waals surface area contributed by atoms with Crippen molar-refractivity contribution in [1.82, 2.24) is 25.5 Å². The van der Waals surface area contributed by atoms with Crippen LogP contribution in [0.1, 0.15) is 41.1 Å². The number of amides is 1. The number of nitrogens with zero attached hydrogens (tertiary/aromatic N) is 6. The fourth-order valence-electron chi connectivity index (χ4n) is 3.93. The van der Waals surface area contributed by atoms with Crippen molar-refractivity contribution >= 4 is 23.4 Å². The molecule has 29 heavy (non-hydrogen) atoms. The molecular weight excluding hydrogens is 368 g/mol. The average molecular weight is 396 g/mol. The lowest BCUT2D eigenvalue weighted by Gasteiger charge is -2.21. The van der Waals surface area contributed by atoms with Crippen LogP contribution in [0.25, 0.3) is 0 Å². The molecule has 2 aromatic heterocycles. The van der Waals surface area contributed by atoms with Gasteiger partial charge < -0.3 is 20.4 Å². The summed E-state index contributed by atoms with van der Waals surface area (Å²) < 4.78 is 0. The maximum atomic E-state index is 12.0. The van der Waals surface area contributed by atoms with Gasteiger partial charge >= 0.3 is 0 Å². The van der Waals surface area contributed by atoms with E-state index in [0.29, 0.717) is 0 Å². The summed E-state index contributed by atoms with van der Waals surface area (Å²) in [6.45, 7) is 7.70. The standard InChI is InChI=1S/C20H28N8O/c1-13-14(2)22-18(20(29)21-3)24-19(13)28-11-8-15(12-28)23-16-6-7-17(26-25-16)27-9-4-5-10-27/h6-7,15H,4-5,8-12H2,1-3H3,(H,21,29)(H,23,25)/t15-/m1/s1. The zero-order valence-corrected chi connectivity index (χ0v) is 17.3. The number of carbonyl (C=O) groups is 1. The van der Waals surface area contributed by atoms with Gasteiger partial charge in [-0.25, -0.2) is 9.97 Å². The molecule has 2 N–H and O–H groups in total. The van der Waals surface area contributed by atoms with Crippen molar-refractivity contribution in [2.45, 2.75) is 39.2 Å². The van der Waals surface area contributed by atoms with Gasteiger partial charge in [-0.1, -0.05) is 0 Å². The number of rotatable bonds is 5. The topological polar surface area (TPSA) is 99.2 Å². The lowest BCUT2D eigenvalue weighted by molar-refractivity contribution is 0.0952. The van der Waals surface area contributed by atoms with Crippen LogP contribution < -0.4 is 20.4 Å². The van der Waals surface area contributed by atoms with E-state index in [1.165, 1.54) is 12.8 Å². The van der Waals surface area contributed by atoms with E-state index in [1.54, 1.807) is 7.05 Å². The lowest BCUT2D eigenvalue weighted by Crippen LogP contribution is -2.29. The molecule has 1 amide bonds. The monoisotopic (exact) mass is 396 g/mol. The Morgan fingerprint density at radius 1 is 1.07 bits per heavy atom. The molecule has 0 aliphatic carbocycles. The van der Waals surface area contributed by atoms with Crippen LogP contribution in [0.4, 0.5) is 17.5 Å². The van der Waals surface area contributed by atoms with Gasteiger partial charge in [0.1, 0.15) is 11.6 Å². The molecule has 9 nitrogen and oxygen atoms in total. The van der Waals surface area contributed by atoms with Gasteiger partial charge in [0.05, 0.1) is 0 Å². The first-order chi connectivity index (χ1) is 14.0. The molecule has 2 aliphatic rings. The minimum atomic E-state index is -0.267. The molecule has 4 rings (SSSR count). The van der Waals surface area contributed by atoms with Crippen molar-refractivity contribution in [1.29, 1.82) is 0 Å². The molecule has 4 heterocycles. The second kappa shape index (κ2) is 8.18. The maximum absolute atomic E-state index is 12.0. The Balaban J connectivity index is 1.43. The highest BCUT2D eigenvalue weighted by Gasteiger charge is 2.27. The van der Waals surface area contributed by atoms with E-state index in [0.717, 1.165) is 61.3 Å². The third-order valence-electron chi connectivity index (χ3n) is 5.71. The van der Waals surface area contributed by atoms with Crippen LogP contribution in [-0.4, -0.2) is 65.3 Å². The number of carbonyl (C=O) groups excluding carboxylic acids is 1. The summed E-state index contributed by atoms with van der Waals surface area (Å²) >= 11 is 0. The van der Waals surface area contributed by atoms with Crippen LogP contribution in [0.5, 0.6) is 0 Å². The maximum Gasteiger partial charge on any atom is 0.288 e. The Morgan fingerprint density at radius 2 is 1.86 bits per heavy atom. The fraction of sp³-hybridized carbons (Fsp3) is 0.550. The Bertz CT molecular complexity index is 879. The summed E-state index contributed by atoms with van der Waals surface area (Å²) in [5, 5.41) is 14.8. The van der Waals surface area contributed by atoms with E-state index in [2.05, 4.69) is 40.6 Å². The van der Waals surface area contributed by atoms with Gasteiger partial charge in [-0.3, -0.25) is 4.79 Å². The molecule has 9 heteroatoms. The number of aryl methyl sites for hydroxylation is 1. The Kier molecular flexibility index (Phi) is 5.46. The zero-order chi connectivity index (χ0) is 20.4. The summed E-state index contributed by atoms with van der Waals surface area (Å²) in [4.78, 5) is 25.3. The van der Waals surface area contributed by atoms with Gasteiger partial charge in [-0.2, -0.15) is 0 Å². The molecule has 154 valence electrons. The predicted octanol–water partition coefficient (Wildman–Crippen LogP) is 1.53. The molecule has 2 aromatic rings. The largest absolute Gasteiger partial charge is 0.364 e. The van der Waals surface area contributed by atoms with E-state index in [9.17, 15) is 4.79 Å². The van der Waals surface area contributed by atoms with E-state index in [4.69, 9.17) is 0 Å². The summed E-state index contributed by atoms with van der Waals surface area (Å²) in [5.41, 5.74) is 1.83. The lowest BCUT2D eigenvalue weighted by atomic mass is 10.2. The smallest absolute Gasteiger partial charge is 0.288 e. The molecular formula is C20H28N8O. The fourth-order valence-corrected chi connectivity index (χ4v) is 3.93. The van der Waals surface area contributed by atoms with Crippen molar-refractivity contribution in [3.05, 3.63) is 29.2 Å². The zero-order valence-electron chi connectivity index (χ0n) is 17.3. The highest BCUT2D eigenvalue weighted by Crippen LogP contribution is 2.25. The molecule has 2 aliphatic heterocycles. The highest BCUT2D eigenvalue weighted by atomic mass is 16.2. The Labute approximate surface area is 170 Å². The van der Waals surface area contributed by atoms with Gasteiger partial charge in [-0.15, -0.1) is 10.2 Å². The molecule has 0 radical (unpaired) electrons. The third-order valence-corrected chi connectivity index (χ3v) is 5.71. The summed E-state index contributed by atoms with van der Waals surface area (Å²) in [6, 6.07) is 4.30. The SMILES string of the molecule is CNC(=O)c1nc(C)c(C)c(N2CC[C@@H](Nc3ccc(N4CCCC4)nn3)C2)n1. The van der Waals surface area contributed by atoms with Crippen LogP contribution in [-0.2, 0) is 0 Å². The van der Waals surface area contributed by atoms with Crippen LogP contribution >= 0.6 is 0 Å². The first kappa shape index (κ1) is 19.4. The van der Waals surface area contributed by atoms with E-state index in [1.807, 2.05) is 26.0 Å². The van der Waals surface area contributed by atoms with Crippen molar-refractivity contribution in [2.75, 3.05) is 48.3 Å².